The molecule has 2 rings (SSSR count). The standard InChI is InChI=1S/C44H71N5O9/c1-26(2)32(24-27(3)36(52)45-30(22-23-33(50)51)39(55)57-42(7,8)9)48(16)38(54)34(41(4,5)6)46-37(53)35(49(17)40(56)58-43(10,11)12)44(13,14)29-25-47(15)31-21-19-18-20-28(29)31/h18-21,24-26,30,32,34-35,40,56H,22-23H2,1-17H3,(H,45,52)(H,46,53)(H,50,51)/b27-24+/t30-,32?,34-,35-,40?/m1/s1. The second-order valence-corrected chi connectivity index (χ2v) is 19.4. The second kappa shape index (κ2) is 19.2. The van der Waals surface area contributed by atoms with E-state index in [1.807, 2.05) is 111 Å². The molecule has 326 valence electrons. The van der Waals surface area contributed by atoms with E-state index in [0.29, 0.717) is 0 Å². The molecule has 3 amide bonds. The Morgan fingerprint density at radius 2 is 1.47 bits per heavy atom. The minimum Gasteiger partial charge on any atom is -0.481 e. The van der Waals surface area contributed by atoms with Crippen molar-refractivity contribution in [3.8, 4) is 0 Å². The van der Waals surface area contributed by atoms with Crippen LogP contribution in [0, 0.1) is 11.3 Å². The minimum atomic E-state index is -1.47. The van der Waals surface area contributed by atoms with Crippen LogP contribution >= 0.6 is 0 Å². The number of ether oxygens (including phenoxy) is 2. The van der Waals surface area contributed by atoms with Crippen molar-refractivity contribution in [2.75, 3.05) is 14.1 Å². The molecule has 1 heterocycles. The Labute approximate surface area is 345 Å². The molecule has 0 bridgehead atoms. The number of para-hydroxylation sites is 1. The monoisotopic (exact) mass is 814 g/mol. The molecule has 58 heavy (non-hydrogen) atoms. The van der Waals surface area contributed by atoms with E-state index < -0.39 is 82.3 Å². The number of nitrogens with zero attached hydrogens (tertiary/aromatic N) is 3. The van der Waals surface area contributed by atoms with E-state index in [1.165, 1.54) is 9.80 Å². The summed E-state index contributed by atoms with van der Waals surface area (Å²) in [5, 5.41) is 27.3. The number of amides is 3. The van der Waals surface area contributed by atoms with Crippen molar-refractivity contribution >= 4 is 40.6 Å². The number of aryl methyl sites for hydroxylation is 1. The molecule has 1 aromatic carbocycles. The van der Waals surface area contributed by atoms with Crippen molar-refractivity contribution < 1.29 is 43.7 Å². The predicted octanol–water partition coefficient (Wildman–Crippen LogP) is 5.50. The number of aliphatic carboxylic acids is 1. The number of carbonyl (C=O) groups is 5. The van der Waals surface area contributed by atoms with Crippen molar-refractivity contribution in [1.82, 2.24) is 25.0 Å². The number of esters is 1. The number of nitrogens with one attached hydrogen (secondary N) is 2. The van der Waals surface area contributed by atoms with Crippen molar-refractivity contribution in [2.45, 2.75) is 157 Å². The first-order chi connectivity index (χ1) is 26.3. The number of benzene rings is 1. The van der Waals surface area contributed by atoms with E-state index in [9.17, 15) is 34.2 Å². The van der Waals surface area contributed by atoms with Crippen LogP contribution < -0.4 is 10.6 Å². The fourth-order valence-corrected chi connectivity index (χ4v) is 7.02. The molecule has 1 aromatic heterocycles. The van der Waals surface area contributed by atoms with Gasteiger partial charge in [-0.05, 0) is 84.9 Å². The lowest BCUT2D eigenvalue weighted by atomic mass is 9.76. The molecule has 0 saturated heterocycles. The zero-order chi connectivity index (χ0) is 44.9. The van der Waals surface area contributed by atoms with Crippen LogP contribution in [0.3, 0.4) is 0 Å². The summed E-state index contributed by atoms with van der Waals surface area (Å²) >= 11 is 0. The van der Waals surface area contributed by atoms with E-state index >= 15 is 0 Å². The third kappa shape index (κ3) is 13.4. The number of hydrogen-bond acceptors (Lipinski definition) is 9. The maximum absolute atomic E-state index is 14.9. The van der Waals surface area contributed by atoms with Gasteiger partial charge in [0.2, 0.25) is 24.1 Å². The number of hydrogen-bond donors (Lipinski definition) is 4. The second-order valence-electron chi connectivity index (χ2n) is 19.4. The number of carboxylic acid groups (broad SMARTS) is 1. The number of likely N-dealkylation sites (N-methyl/N-ethyl adjacent to an activating group) is 2. The van der Waals surface area contributed by atoms with Gasteiger partial charge < -0.3 is 39.8 Å². The van der Waals surface area contributed by atoms with Gasteiger partial charge in [-0.25, -0.2) is 9.69 Å². The lowest BCUT2D eigenvalue weighted by Crippen LogP contribution is -2.63. The van der Waals surface area contributed by atoms with Crippen LogP contribution in [0.25, 0.3) is 10.9 Å². The molecule has 2 aromatic rings. The average molecular weight is 814 g/mol. The number of aliphatic hydroxyl groups excluding tert-OH is 1. The Morgan fingerprint density at radius 1 is 0.897 bits per heavy atom. The Kier molecular flexibility index (Phi) is 16.5. The summed E-state index contributed by atoms with van der Waals surface area (Å²) in [6, 6.07) is 3.95. The molecular weight excluding hydrogens is 743 g/mol. The zero-order valence-electron chi connectivity index (χ0n) is 37.9. The summed E-state index contributed by atoms with van der Waals surface area (Å²) in [6.07, 6.45) is 1.60. The molecule has 0 aliphatic rings. The van der Waals surface area contributed by atoms with Gasteiger partial charge in [0.1, 0.15) is 23.7 Å². The third-order valence-corrected chi connectivity index (χ3v) is 10.0. The first-order valence-electron chi connectivity index (χ1n) is 19.9. The highest BCUT2D eigenvalue weighted by Gasteiger charge is 2.46. The van der Waals surface area contributed by atoms with Crippen LogP contribution in [-0.2, 0) is 45.9 Å². The van der Waals surface area contributed by atoms with E-state index in [0.717, 1.165) is 16.5 Å². The van der Waals surface area contributed by atoms with E-state index in [1.54, 1.807) is 47.9 Å². The normalized spacial score (nSPS) is 15.8. The van der Waals surface area contributed by atoms with Gasteiger partial charge in [-0.3, -0.25) is 19.2 Å². The summed E-state index contributed by atoms with van der Waals surface area (Å²) in [5.74, 6) is -3.61. The number of aliphatic hydroxyl groups is 1. The largest absolute Gasteiger partial charge is 0.481 e. The van der Waals surface area contributed by atoms with Gasteiger partial charge in [0.05, 0.1) is 11.6 Å². The quantitative estimate of drug-likeness (QED) is 0.0906. The number of fused-ring (bicyclic) bond motifs is 1. The number of rotatable bonds is 17. The molecule has 0 spiro atoms. The summed E-state index contributed by atoms with van der Waals surface area (Å²) < 4.78 is 13.4. The van der Waals surface area contributed by atoms with E-state index in [4.69, 9.17) is 9.47 Å². The van der Waals surface area contributed by atoms with Gasteiger partial charge in [0.15, 0.2) is 0 Å². The first-order valence-corrected chi connectivity index (χ1v) is 19.9. The summed E-state index contributed by atoms with van der Waals surface area (Å²) in [5.41, 5.74) is -1.29. The molecule has 0 aliphatic carbocycles. The summed E-state index contributed by atoms with van der Waals surface area (Å²) in [4.78, 5) is 70.3. The van der Waals surface area contributed by atoms with Crippen LogP contribution in [0.4, 0.5) is 0 Å². The van der Waals surface area contributed by atoms with Gasteiger partial charge in [0.25, 0.3) is 0 Å². The van der Waals surface area contributed by atoms with Gasteiger partial charge in [-0.15, -0.1) is 0 Å². The highest BCUT2D eigenvalue weighted by Crippen LogP contribution is 2.37. The minimum absolute atomic E-state index is 0.172. The molecular formula is C44H71N5O9. The molecule has 5 atom stereocenters. The third-order valence-electron chi connectivity index (χ3n) is 10.0. The fourth-order valence-electron chi connectivity index (χ4n) is 7.02. The maximum atomic E-state index is 14.9. The molecule has 14 nitrogen and oxygen atoms in total. The van der Waals surface area contributed by atoms with E-state index in [2.05, 4.69) is 10.6 Å². The first kappa shape index (κ1) is 49.9. The lowest BCUT2D eigenvalue weighted by Gasteiger charge is -2.44. The molecule has 0 radical (unpaired) electrons. The predicted molar refractivity (Wildman–Crippen MR) is 226 cm³/mol. The molecule has 14 heteroatoms. The van der Waals surface area contributed by atoms with Gasteiger partial charge in [0, 0.05) is 48.6 Å². The Hall–Kier alpha value is -4.27. The number of aromatic nitrogens is 1. The Morgan fingerprint density at radius 3 is 1.97 bits per heavy atom. The Bertz CT molecular complexity index is 1810. The molecule has 2 unspecified atom stereocenters. The number of carboxylic acids is 1. The molecule has 0 saturated carbocycles. The molecule has 4 N–H and O–H groups in total. The SMILES string of the molecule is C/C(=C\C(C(C)C)N(C)C(=O)[C@@H](NC(=O)[C@@H](N(C)C(O)OC(C)(C)C)C(C)(C)c1cn(C)c2ccccc12)C(C)(C)C)C(=O)N[C@H](CCC(=O)O)C(=O)OC(C)(C)C. The van der Waals surface area contributed by atoms with Gasteiger partial charge in [-0.1, -0.05) is 72.7 Å². The maximum Gasteiger partial charge on any atom is 0.329 e. The van der Waals surface area contributed by atoms with Crippen LogP contribution in [0.1, 0.15) is 115 Å². The lowest BCUT2D eigenvalue weighted by molar-refractivity contribution is -0.244. The van der Waals surface area contributed by atoms with Crippen LogP contribution in [0.5, 0.6) is 0 Å². The Balaban J connectivity index is 2.57. The topological polar surface area (TPSA) is 180 Å². The summed E-state index contributed by atoms with van der Waals surface area (Å²) in [6.45, 7) is 25.2. The fraction of sp³-hybridized carbons (Fsp3) is 0.659. The van der Waals surface area contributed by atoms with Crippen LogP contribution in [0.2, 0.25) is 0 Å². The zero-order valence-corrected chi connectivity index (χ0v) is 37.9. The van der Waals surface area contributed by atoms with Gasteiger partial charge in [-0.2, -0.15) is 0 Å². The average Bonchev–Trinajstić information content (AvgIpc) is 3.41. The van der Waals surface area contributed by atoms with Crippen LogP contribution in [-0.4, -0.2) is 110 Å². The highest BCUT2D eigenvalue weighted by atomic mass is 16.6. The van der Waals surface area contributed by atoms with E-state index in [-0.39, 0.29) is 24.3 Å². The van der Waals surface area contributed by atoms with Crippen molar-refractivity contribution in [3.63, 3.8) is 0 Å². The highest BCUT2D eigenvalue weighted by molar-refractivity contribution is 5.96. The van der Waals surface area contributed by atoms with Gasteiger partial charge >= 0.3 is 11.9 Å². The van der Waals surface area contributed by atoms with Crippen LogP contribution in [0.15, 0.2) is 42.1 Å². The smallest absolute Gasteiger partial charge is 0.329 e. The van der Waals surface area contributed by atoms with Crippen molar-refractivity contribution in [1.29, 1.82) is 0 Å². The van der Waals surface area contributed by atoms with Crippen molar-refractivity contribution in [2.24, 2.45) is 18.4 Å². The number of carbonyl (C=O) groups excluding carboxylic acids is 4. The summed E-state index contributed by atoms with van der Waals surface area (Å²) in [7, 11) is 5.17. The molecule has 0 aliphatic heterocycles. The van der Waals surface area contributed by atoms with Crippen molar-refractivity contribution in [3.05, 3.63) is 47.7 Å². The molecule has 0 fully saturated rings.